The van der Waals surface area contributed by atoms with E-state index in [4.69, 9.17) is 0 Å². The molecule has 2 heterocycles. The molecule has 0 saturated carbocycles. The van der Waals surface area contributed by atoms with Crippen molar-refractivity contribution in [2.75, 3.05) is 6.54 Å². The summed E-state index contributed by atoms with van der Waals surface area (Å²) < 4.78 is 2.11. The van der Waals surface area contributed by atoms with Crippen LogP contribution in [0, 0.1) is 0 Å². The summed E-state index contributed by atoms with van der Waals surface area (Å²) in [5, 5.41) is 3.56. The van der Waals surface area contributed by atoms with Gasteiger partial charge in [0.15, 0.2) is 0 Å². The van der Waals surface area contributed by atoms with Crippen LogP contribution in [0.1, 0.15) is 40.5 Å². The average Bonchev–Trinajstić information content (AvgIpc) is 3.00. The lowest BCUT2D eigenvalue weighted by Gasteiger charge is -2.16. The Kier molecular flexibility index (Phi) is 3.22. The Morgan fingerprint density at radius 3 is 3.06 bits per heavy atom. The molecule has 1 N–H and O–H groups in total. The van der Waals surface area contributed by atoms with E-state index in [1.165, 1.54) is 24.1 Å². The fourth-order valence-electron chi connectivity index (χ4n) is 2.67. The molecular formula is C14H19N3S. The largest absolute Gasteiger partial charge is 0.336 e. The Balaban J connectivity index is 1.96. The van der Waals surface area contributed by atoms with Crippen LogP contribution in [0.15, 0.2) is 18.5 Å². The van der Waals surface area contributed by atoms with Crippen LogP contribution in [0.4, 0.5) is 0 Å². The molecule has 3 rings (SSSR count). The quantitative estimate of drug-likeness (QED) is 0.917. The molecule has 1 aliphatic carbocycles. The van der Waals surface area contributed by atoms with E-state index >= 15 is 0 Å². The van der Waals surface area contributed by atoms with Crippen LogP contribution in [0.2, 0.25) is 0 Å². The lowest BCUT2D eigenvalue weighted by molar-refractivity contribution is 0.584. The molecule has 3 nitrogen and oxygen atoms in total. The van der Waals surface area contributed by atoms with Gasteiger partial charge < -0.3 is 9.88 Å². The minimum absolute atomic E-state index is 0.241. The standard InChI is InChI=1S/C14H19N3S/c1-3-15-13(14-16-7-8-17(14)2)12-9-10-5-4-6-11(10)18-12/h7-9,13,15H,3-6H2,1-2H3. The van der Waals surface area contributed by atoms with Gasteiger partial charge in [0.05, 0.1) is 0 Å². The van der Waals surface area contributed by atoms with Gasteiger partial charge in [-0.25, -0.2) is 4.98 Å². The van der Waals surface area contributed by atoms with Gasteiger partial charge in [-0.15, -0.1) is 11.3 Å². The highest BCUT2D eigenvalue weighted by Crippen LogP contribution is 2.35. The Hall–Kier alpha value is -1.13. The van der Waals surface area contributed by atoms with E-state index in [0.29, 0.717) is 0 Å². The summed E-state index contributed by atoms with van der Waals surface area (Å²) in [5.74, 6) is 1.11. The number of nitrogens with one attached hydrogen (secondary N) is 1. The highest BCUT2D eigenvalue weighted by Gasteiger charge is 2.23. The number of imidazole rings is 1. The van der Waals surface area contributed by atoms with E-state index < -0.39 is 0 Å². The molecule has 2 aromatic rings. The Morgan fingerprint density at radius 2 is 2.39 bits per heavy atom. The van der Waals surface area contributed by atoms with E-state index in [1.807, 2.05) is 23.7 Å². The predicted molar refractivity (Wildman–Crippen MR) is 75.1 cm³/mol. The molecule has 0 bridgehead atoms. The first kappa shape index (κ1) is 11.9. The Morgan fingerprint density at radius 1 is 1.50 bits per heavy atom. The smallest absolute Gasteiger partial charge is 0.131 e. The summed E-state index contributed by atoms with van der Waals surface area (Å²) in [5.41, 5.74) is 1.56. The van der Waals surface area contributed by atoms with Crippen molar-refractivity contribution in [2.45, 2.75) is 32.2 Å². The molecular weight excluding hydrogens is 242 g/mol. The minimum atomic E-state index is 0.241. The number of nitrogens with zero attached hydrogens (tertiary/aromatic N) is 2. The van der Waals surface area contributed by atoms with E-state index in [-0.39, 0.29) is 6.04 Å². The molecule has 1 unspecified atom stereocenters. The zero-order valence-electron chi connectivity index (χ0n) is 10.9. The highest BCUT2D eigenvalue weighted by molar-refractivity contribution is 7.12. The number of thiophene rings is 1. The van der Waals surface area contributed by atoms with Crippen molar-refractivity contribution in [3.05, 3.63) is 39.6 Å². The van der Waals surface area contributed by atoms with Crippen molar-refractivity contribution in [2.24, 2.45) is 7.05 Å². The monoisotopic (exact) mass is 261 g/mol. The summed E-state index contributed by atoms with van der Waals surface area (Å²) in [7, 11) is 2.06. The fraction of sp³-hybridized carbons (Fsp3) is 0.500. The Bertz CT molecular complexity index is 519. The summed E-state index contributed by atoms with van der Waals surface area (Å²) in [6.45, 7) is 3.11. The molecule has 96 valence electrons. The second kappa shape index (κ2) is 4.86. The van der Waals surface area contributed by atoms with Gasteiger partial charge in [0.1, 0.15) is 11.9 Å². The first-order valence-corrected chi connectivity index (χ1v) is 7.43. The van der Waals surface area contributed by atoms with Crippen molar-refractivity contribution < 1.29 is 0 Å². The maximum atomic E-state index is 4.50. The summed E-state index contributed by atoms with van der Waals surface area (Å²) in [4.78, 5) is 7.50. The SMILES string of the molecule is CCNC(c1cc2c(s1)CCC2)c1nccn1C. The molecule has 0 aromatic carbocycles. The maximum Gasteiger partial charge on any atom is 0.131 e. The van der Waals surface area contributed by atoms with Crippen molar-refractivity contribution >= 4 is 11.3 Å². The third-order valence-electron chi connectivity index (χ3n) is 3.58. The second-order valence-electron chi connectivity index (χ2n) is 4.84. The van der Waals surface area contributed by atoms with Crippen molar-refractivity contribution in [3.63, 3.8) is 0 Å². The van der Waals surface area contributed by atoms with Gasteiger partial charge in [0.2, 0.25) is 0 Å². The van der Waals surface area contributed by atoms with Crippen LogP contribution >= 0.6 is 11.3 Å². The molecule has 1 atom stereocenters. The molecule has 0 aliphatic heterocycles. The van der Waals surface area contributed by atoms with Gasteiger partial charge in [-0.05, 0) is 37.4 Å². The van der Waals surface area contributed by atoms with E-state index in [2.05, 4.69) is 34.9 Å². The molecule has 2 aromatic heterocycles. The third-order valence-corrected chi connectivity index (χ3v) is 4.88. The number of aryl methyl sites for hydroxylation is 3. The van der Waals surface area contributed by atoms with Crippen LogP contribution in [-0.4, -0.2) is 16.1 Å². The fourth-order valence-corrected chi connectivity index (χ4v) is 4.00. The lowest BCUT2D eigenvalue weighted by atomic mass is 10.1. The zero-order chi connectivity index (χ0) is 12.5. The molecule has 0 saturated heterocycles. The highest BCUT2D eigenvalue weighted by atomic mass is 32.1. The van der Waals surface area contributed by atoms with E-state index in [0.717, 1.165) is 12.4 Å². The van der Waals surface area contributed by atoms with Crippen LogP contribution in [0.25, 0.3) is 0 Å². The van der Waals surface area contributed by atoms with Crippen LogP contribution in [0.3, 0.4) is 0 Å². The predicted octanol–water partition coefficient (Wildman–Crippen LogP) is 2.67. The molecule has 0 fully saturated rings. The number of hydrogen-bond donors (Lipinski definition) is 1. The van der Waals surface area contributed by atoms with Crippen LogP contribution in [0.5, 0.6) is 0 Å². The van der Waals surface area contributed by atoms with Gasteiger partial charge >= 0.3 is 0 Å². The van der Waals surface area contributed by atoms with Crippen molar-refractivity contribution in [1.82, 2.24) is 14.9 Å². The van der Waals surface area contributed by atoms with E-state index in [9.17, 15) is 0 Å². The molecule has 18 heavy (non-hydrogen) atoms. The number of hydrogen-bond acceptors (Lipinski definition) is 3. The van der Waals surface area contributed by atoms with Crippen molar-refractivity contribution in [1.29, 1.82) is 0 Å². The molecule has 0 spiro atoms. The lowest BCUT2D eigenvalue weighted by Crippen LogP contribution is -2.24. The van der Waals surface area contributed by atoms with Gasteiger partial charge in [0, 0.05) is 29.2 Å². The summed E-state index contributed by atoms with van der Waals surface area (Å²) in [6, 6.07) is 2.63. The number of rotatable bonds is 4. The van der Waals surface area contributed by atoms with E-state index in [1.54, 1.807) is 10.4 Å². The average molecular weight is 261 g/mol. The minimum Gasteiger partial charge on any atom is -0.336 e. The van der Waals surface area contributed by atoms with Gasteiger partial charge in [-0.2, -0.15) is 0 Å². The maximum absolute atomic E-state index is 4.50. The van der Waals surface area contributed by atoms with Crippen molar-refractivity contribution in [3.8, 4) is 0 Å². The van der Waals surface area contributed by atoms with Gasteiger partial charge in [-0.1, -0.05) is 6.92 Å². The first-order valence-electron chi connectivity index (χ1n) is 6.61. The molecule has 0 radical (unpaired) electrons. The second-order valence-corrected chi connectivity index (χ2v) is 6.01. The Labute approximate surface area is 112 Å². The molecule has 4 heteroatoms. The molecule has 0 amide bonds. The zero-order valence-corrected chi connectivity index (χ0v) is 11.8. The summed E-state index contributed by atoms with van der Waals surface area (Å²) in [6.07, 6.45) is 7.74. The van der Waals surface area contributed by atoms with Crippen LogP contribution in [-0.2, 0) is 19.9 Å². The van der Waals surface area contributed by atoms with Gasteiger partial charge in [-0.3, -0.25) is 0 Å². The first-order chi connectivity index (χ1) is 8.79. The van der Waals surface area contributed by atoms with Crippen LogP contribution < -0.4 is 5.32 Å². The number of aromatic nitrogens is 2. The topological polar surface area (TPSA) is 29.9 Å². The third kappa shape index (κ3) is 1.99. The summed E-state index contributed by atoms with van der Waals surface area (Å²) >= 11 is 1.96. The normalized spacial score (nSPS) is 15.9. The van der Waals surface area contributed by atoms with Gasteiger partial charge in [0.25, 0.3) is 0 Å². The molecule has 1 aliphatic rings. The number of fused-ring (bicyclic) bond motifs is 1.